The van der Waals surface area contributed by atoms with Gasteiger partial charge in [0.25, 0.3) is 0 Å². The molecule has 2 amide bonds. The third-order valence-electron chi connectivity index (χ3n) is 5.70. The Kier molecular flexibility index (Phi) is 7.05. The summed E-state index contributed by atoms with van der Waals surface area (Å²) in [5.74, 6) is 0.469. The number of rotatable bonds is 8. The monoisotopic (exact) mass is 448 g/mol. The molecule has 0 aromatic heterocycles. The third-order valence-corrected chi connectivity index (χ3v) is 6.05. The van der Waals surface area contributed by atoms with Crippen molar-refractivity contribution in [1.29, 1.82) is 0 Å². The maximum Gasteiger partial charge on any atom is 0.245 e. The summed E-state index contributed by atoms with van der Waals surface area (Å²) in [6, 6.07) is 9.64. The third kappa shape index (κ3) is 4.93. The number of carbonyl (C=O) groups is 2. The van der Waals surface area contributed by atoms with Crippen LogP contribution >= 0.6 is 11.6 Å². The van der Waals surface area contributed by atoms with E-state index in [2.05, 4.69) is 5.32 Å². The number of nitrogens with one attached hydrogen (secondary N) is 1. The first-order valence-electron chi connectivity index (χ1n) is 10.0. The molecule has 3 rings (SSSR count). The normalized spacial score (nSPS) is 18.2. The van der Waals surface area contributed by atoms with E-state index in [1.807, 2.05) is 18.2 Å². The lowest BCUT2D eigenvalue weighted by Crippen LogP contribution is -2.54. The largest absolute Gasteiger partial charge is 0.493 e. The molecule has 0 radical (unpaired) electrons. The number of likely N-dealkylation sites (tertiary alicyclic amines) is 1. The van der Waals surface area contributed by atoms with Gasteiger partial charge < -0.3 is 19.7 Å². The van der Waals surface area contributed by atoms with Crippen molar-refractivity contribution < 1.29 is 23.5 Å². The number of nitrogens with zero attached hydrogens (tertiary/aromatic N) is 1. The van der Waals surface area contributed by atoms with E-state index in [4.69, 9.17) is 21.1 Å². The molecule has 0 bridgehead atoms. The van der Waals surface area contributed by atoms with Crippen LogP contribution in [-0.2, 0) is 22.6 Å². The number of hydrogen-bond acceptors (Lipinski definition) is 4. The van der Waals surface area contributed by atoms with Crippen LogP contribution in [-0.4, -0.2) is 43.0 Å². The van der Waals surface area contributed by atoms with Gasteiger partial charge in [0, 0.05) is 24.5 Å². The summed E-state index contributed by atoms with van der Waals surface area (Å²) < 4.78 is 23.9. The smallest absolute Gasteiger partial charge is 0.245 e. The molecule has 8 heteroatoms. The standard InChI is InChI=1S/C23H26ClFN2O4/c1-23(10-8-21(28)27(23)14-16-5-6-17(25)13-18(16)24)22(29)26-11-9-15-4-7-19(30-2)20(12-15)31-3/h4-7,12-13H,8-11,14H2,1-3H3,(H,26,29). The van der Waals surface area contributed by atoms with Crippen LogP contribution in [0.15, 0.2) is 36.4 Å². The molecule has 0 spiro atoms. The van der Waals surface area contributed by atoms with E-state index in [-0.39, 0.29) is 29.8 Å². The van der Waals surface area contributed by atoms with E-state index in [0.29, 0.717) is 36.4 Å². The predicted octanol–water partition coefficient (Wildman–Crippen LogP) is 3.74. The van der Waals surface area contributed by atoms with Gasteiger partial charge in [-0.25, -0.2) is 4.39 Å². The van der Waals surface area contributed by atoms with Gasteiger partial charge in [0.15, 0.2) is 11.5 Å². The van der Waals surface area contributed by atoms with E-state index >= 15 is 0 Å². The Morgan fingerprint density at radius 1 is 1.19 bits per heavy atom. The Labute approximate surface area is 186 Å². The highest BCUT2D eigenvalue weighted by Crippen LogP contribution is 2.33. The van der Waals surface area contributed by atoms with E-state index in [1.54, 1.807) is 27.2 Å². The quantitative estimate of drug-likeness (QED) is 0.668. The van der Waals surface area contributed by atoms with Crippen molar-refractivity contribution in [3.05, 3.63) is 58.4 Å². The summed E-state index contributed by atoms with van der Waals surface area (Å²) in [7, 11) is 3.15. The second-order valence-corrected chi connectivity index (χ2v) is 8.09. The molecular formula is C23H26ClFN2O4. The summed E-state index contributed by atoms with van der Waals surface area (Å²) in [6.07, 6.45) is 1.28. The van der Waals surface area contributed by atoms with Crippen molar-refractivity contribution in [2.75, 3.05) is 20.8 Å². The lowest BCUT2D eigenvalue weighted by Gasteiger charge is -2.34. The lowest BCUT2D eigenvalue weighted by molar-refractivity contribution is -0.141. The molecule has 1 unspecified atom stereocenters. The average molecular weight is 449 g/mol. The summed E-state index contributed by atoms with van der Waals surface area (Å²) >= 11 is 6.13. The van der Waals surface area contributed by atoms with Crippen molar-refractivity contribution in [1.82, 2.24) is 10.2 Å². The van der Waals surface area contributed by atoms with Gasteiger partial charge in [-0.05, 0) is 55.2 Å². The molecule has 31 heavy (non-hydrogen) atoms. The number of amides is 2. The molecule has 166 valence electrons. The van der Waals surface area contributed by atoms with E-state index in [0.717, 1.165) is 5.56 Å². The highest BCUT2D eigenvalue weighted by atomic mass is 35.5. The van der Waals surface area contributed by atoms with E-state index in [1.165, 1.54) is 17.0 Å². The highest BCUT2D eigenvalue weighted by molar-refractivity contribution is 6.31. The van der Waals surface area contributed by atoms with Gasteiger partial charge in [-0.2, -0.15) is 0 Å². The number of benzene rings is 2. The zero-order chi connectivity index (χ0) is 22.6. The van der Waals surface area contributed by atoms with Crippen LogP contribution in [0.3, 0.4) is 0 Å². The Bertz CT molecular complexity index is 984. The predicted molar refractivity (Wildman–Crippen MR) is 116 cm³/mol. The molecule has 1 N–H and O–H groups in total. The van der Waals surface area contributed by atoms with Crippen molar-refractivity contribution in [2.24, 2.45) is 0 Å². The van der Waals surface area contributed by atoms with Gasteiger partial charge in [0.05, 0.1) is 14.2 Å². The van der Waals surface area contributed by atoms with Crippen LogP contribution in [0.5, 0.6) is 11.5 Å². The molecule has 1 fully saturated rings. The molecule has 6 nitrogen and oxygen atoms in total. The number of hydrogen-bond donors (Lipinski definition) is 1. The fraction of sp³-hybridized carbons (Fsp3) is 0.391. The van der Waals surface area contributed by atoms with Crippen molar-refractivity contribution >= 4 is 23.4 Å². The topological polar surface area (TPSA) is 67.9 Å². The molecule has 2 aromatic rings. The number of ether oxygens (including phenoxy) is 2. The molecule has 1 aliphatic rings. The zero-order valence-corrected chi connectivity index (χ0v) is 18.6. The minimum absolute atomic E-state index is 0.127. The molecule has 1 saturated heterocycles. The van der Waals surface area contributed by atoms with Crippen LogP contribution in [0.25, 0.3) is 0 Å². The lowest BCUT2D eigenvalue weighted by atomic mass is 9.97. The first kappa shape index (κ1) is 22.9. The van der Waals surface area contributed by atoms with Gasteiger partial charge in [0.1, 0.15) is 11.4 Å². The molecule has 1 heterocycles. The summed E-state index contributed by atoms with van der Waals surface area (Å²) in [4.78, 5) is 27.1. The number of carbonyl (C=O) groups excluding carboxylic acids is 2. The van der Waals surface area contributed by atoms with Crippen LogP contribution in [0.2, 0.25) is 5.02 Å². The van der Waals surface area contributed by atoms with Gasteiger partial charge in [0.2, 0.25) is 11.8 Å². The van der Waals surface area contributed by atoms with Crippen molar-refractivity contribution in [3.63, 3.8) is 0 Å². The first-order valence-corrected chi connectivity index (χ1v) is 10.4. The minimum atomic E-state index is -0.994. The molecule has 1 aliphatic heterocycles. The van der Waals surface area contributed by atoms with Crippen LogP contribution in [0, 0.1) is 5.82 Å². The minimum Gasteiger partial charge on any atom is -0.493 e. The number of halogens is 2. The van der Waals surface area contributed by atoms with Crippen LogP contribution in [0.4, 0.5) is 4.39 Å². The number of methoxy groups -OCH3 is 2. The Balaban J connectivity index is 1.66. The molecule has 1 atom stereocenters. The maximum atomic E-state index is 13.3. The Hall–Kier alpha value is -2.80. The fourth-order valence-corrected chi connectivity index (χ4v) is 3.99. The van der Waals surface area contributed by atoms with Gasteiger partial charge in [-0.3, -0.25) is 9.59 Å². The summed E-state index contributed by atoms with van der Waals surface area (Å²) in [5, 5.41) is 3.17. The molecule has 2 aromatic carbocycles. The van der Waals surface area contributed by atoms with Gasteiger partial charge >= 0.3 is 0 Å². The van der Waals surface area contributed by atoms with E-state index < -0.39 is 11.4 Å². The second-order valence-electron chi connectivity index (χ2n) is 7.68. The zero-order valence-electron chi connectivity index (χ0n) is 17.8. The van der Waals surface area contributed by atoms with Crippen LogP contribution in [0.1, 0.15) is 30.9 Å². The first-order chi connectivity index (χ1) is 14.8. The summed E-state index contributed by atoms with van der Waals surface area (Å²) in [6.45, 7) is 2.31. The maximum absolute atomic E-state index is 13.3. The molecule has 0 aliphatic carbocycles. The summed E-state index contributed by atoms with van der Waals surface area (Å²) in [5.41, 5.74) is 0.593. The second kappa shape index (κ2) is 9.56. The van der Waals surface area contributed by atoms with Crippen molar-refractivity contribution in [2.45, 2.75) is 38.3 Å². The molecular weight excluding hydrogens is 423 g/mol. The highest BCUT2D eigenvalue weighted by Gasteiger charge is 2.47. The Morgan fingerprint density at radius 3 is 2.61 bits per heavy atom. The van der Waals surface area contributed by atoms with Gasteiger partial charge in [-0.1, -0.05) is 23.7 Å². The van der Waals surface area contributed by atoms with Crippen LogP contribution < -0.4 is 14.8 Å². The Morgan fingerprint density at radius 2 is 1.94 bits per heavy atom. The average Bonchev–Trinajstić information content (AvgIpc) is 3.04. The fourth-order valence-electron chi connectivity index (χ4n) is 3.76. The van der Waals surface area contributed by atoms with E-state index in [9.17, 15) is 14.0 Å². The van der Waals surface area contributed by atoms with Crippen molar-refractivity contribution in [3.8, 4) is 11.5 Å². The molecule has 0 saturated carbocycles. The van der Waals surface area contributed by atoms with Gasteiger partial charge in [-0.15, -0.1) is 0 Å². The SMILES string of the molecule is COc1ccc(CCNC(=O)C2(C)CCC(=O)N2Cc2ccc(F)cc2Cl)cc1OC.